The minimum absolute atomic E-state index is 0.0764. The van der Waals surface area contributed by atoms with Crippen molar-refractivity contribution in [3.63, 3.8) is 0 Å². The summed E-state index contributed by atoms with van der Waals surface area (Å²) in [6.07, 6.45) is -0.106. The van der Waals surface area contributed by atoms with Crippen LogP contribution in [0.15, 0.2) is 60.7 Å². The predicted molar refractivity (Wildman–Crippen MR) is 119 cm³/mol. The van der Waals surface area contributed by atoms with Crippen LogP contribution < -0.4 is 16.4 Å². The van der Waals surface area contributed by atoms with E-state index in [1.165, 1.54) is 0 Å². The van der Waals surface area contributed by atoms with Crippen LogP contribution in [0.1, 0.15) is 38.3 Å². The van der Waals surface area contributed by atoms with Crippen LogP contribution in [-0.2, 0) is 27.4 Å². The molecule has 0 aliphatic heterocycles. The van der Waals surface area contributed by atoms with E-state index in [0.717, 1.165) is 11.1 Å². The minimum Gasteiger partial charge on any atom is -0.445 e. The predicted octanol–water partition coefficient (Wildman–Crippen LogP) is 2.93. The van der Waals surface area contributed by atoms with Crippen LogP contribution in [0.3, 0.4) is 0 Å². The number of amides is 3. The number of rotatable bonds is 10. The quantitative estimate of drug-likeness (QED) is 0.543. The Hall–Kier alpha value is -3.35. The second kappa shape index (κ2) is 11.2. The van der Waals surface area contributed by atoms with Crippen LogP contribution in [0.4, 0.5) is 4.79 Å². The summed E-state index contributed by atoms with van der Waals surface area (Å²) in [6.45, 7) is 5.55. The number of carbonyl (C=O) groups is 3. The number of ether oxygens (including phenoxy) is 1. The van der Waals surface area contributed by atoms with Crippen molar-refractivity contribution < 1.29 is 19.1 Å². The van der Waals surface area contributed by atoms with Gasteiger partial charge in [0.1, 0.15) is 18.2 Å². The Morgan fingerprint density at radius 1 is 0.968 bits per heavy atom. The fraction of sp³-hybridized carbons (Fsp3) is 0.375. The molecular formula is C24H31N3O4. The molecule has 4 N–H and O–H groups in total. The summed E-state index contributed by atoms with van der Waals surface area (Å²) in [7, 11) is 0. The molecule has 2 rings (SSSR count). The van der Waals surface area contributed by atoms with Crippen molar-refractivity contribution in [2.24, 2.45) is 11.7 Å². The fourth-order valence-corrected chi connectivity index (χ4v) is 3.20. The number of nitrogens with two attached hydrogens (primary N) is 1. The molecule has 2 atom stereocenters. The number of nitrogens with one attached hydrogen (secondary N) is 2. The summed E-state index contributed by atoms with van der Waals surface area (Å²) in [6, 6.07) is 17.7. The number of carbonyl (C=O) groups excluding carboxylic acids is 3. The van der Waals surface area contributed by atoms with Crippen molar-refractivity contribution in [3.8, 4) is 0 Å². The van der Waals surface area contributed by atoms with E-state index >= 15 is 0 Å². The molecule has 2 aromatic carbocycles. The van der Waals surface area contributed by atoms with Crippen molar-refractivity contribution in [3.05, 3.63) is 71.8 Å². The molecule has 0 unspecified atom stereocenters. The van der Waals surface area contributed by atoms with Gasteiger partial charge in [0.05, 0.1) is 0 Å². The number of benzene rings is 2. The zero-order valence-corrected chi connectivity index (χ0v) is 18.3. The third kappa shape index (κ3) is 7.77. The van der Waals surface area contributed by atoms with Gasteiger partial charge in [0.2, 0.25) is 11.8 Å². The molecule has 0 aliphatic carbocycles. The van der Waals surface area contributed by atoms with E-state index in [0.29, 0.717) is 6.42 Å². The second-order valence-corrected chi connectivity index (χ2v) is 8.24. The summed E-state index contributed by atoms with van der Waals surface area (Å²) >= 11 is 0. The maximum absolute atomic E-state index is 13.2. The molecule has 0 spiro atoms. The van der Waals surface area contributed by atoms with E-state index in [1.807, 2.05) is 74.5 Å². The Kier molecular flexibility index (Phi) is 8.61. The van der Waals surface area contributed by atoms with Gasteiger partial charge in [-0.05, 0) is 30.4 Å². The first-order valence-electron chi connectivity index (χ1n) is 10.3. The Balaban J connectivity index is 2.16. The molecule has 0 saturated carbocycles. The minimum atomic E-state index is -1.35. The van der Waals surface area contributed by atoms with Gasteiger partial charge >= 0.3 is 6.09 Å². The van der Waals surface area contributed by atoms with E-state index in [2.05, 4.69) is 10.6 Å². The molecule has 31 heavy (non-hydrogen) atoms. The van der Waals surface area contributed by atoms with E-state index in [4.69, 9.17) is 10.5 Å². The van der Waals surface area contributed by atoms with Gasteiger partial charge in [-0.2, -0.15) is 0 Å². The third-order valence-corrected chi connectivity index (χ3v) is 4.85. The lowest BCUT2D eigenvalue weighted by Gasteiger charge is -2.31. The van der Waals surface area contributed by atoms with Gasteiger partial charge in [-0.15, -0.1) is 0 Å². The Labute approximate surface area is 183 Å². The van der Waals surface area contributed by atoms with Crippen molar-refractivity contribution in [1.82, 2.24) is 10.6 Å². The van der Waals surface area contributed by atoms with Gasteiger partial charge in [-0.3, -0.25) is 9.59 Å². The van der Waals surface area contributed by atoms with Gasteiger partial charge in [0.15, 0.2) is 0 Å². The molecule has 0 radical (unpaired) electrons. The highest BCUT2D eigenvalue weighted by molar-refractivity contribution is 5.93. The molecule has 3 amide bonds. The van der Waals surface area contributed by atoms with Crippen LogP contribution in [0.25, 0.3) is 0 Å². The number of primary amides is 1. The topological polar surface area (TPSA) is 111 Å². The molecule has 0 heterocycles. The fourth-order valence-electron chi connectivity index (χ4n) is 3.20. The molecule has 0 aliphatic rings. The summed E-state index contributed by atoms with van der Waals surface area (Å²) in [5.74, 6) is -0.963. The largest absolute Gasteiger partial charge is 0.445 e. The summed E-state index contributed by atoms with van der Waals surface area (Å²) in [5.41, 5.74) is 5.81. The summed E-state index contributed by atoms with van der Waals surface area (Å²) in [4.78, 5) is 37.5. The van der Waals surface area contributed by atoms with E-state index in [9.17, 15) is 14.4 Å². The molecule has 0 saturated heterocycles. The van der Waals surface area contributed by atoms with Gasteiger partial charge < -0.3 is 21.1 Å². The molecule has 7 heteroatoms. The monoisotopic (exact) mass is 425 g/mol. The highest BCUT2D eigenvalue weighted by Gasteiger charge is 2.37. The zero-order valence-electron chi connectivity index (χ0n) is 18.3. The van der Waals surface area contributed by atoms with Crippen LogP contribution >= 0.6 is 0 Å². The van der Waals surface area contributed by atoms with Crippen LogP contribution in [0.5, 0.6) is 0 Å². The van der Waals surface area contributed by atoms with Gasteiger partial charge in [-0.1, -0.05) is 74.5 Å². The number of alkyl carbamates (subject to hydrolysis) is 1. The van der Waals surface area contributed by atoms with E-state index < -0.39 is 29.5 Å². The zero-order chi connectivity index (χ0) is 22.9. The molecule has 7 nitrogen and oxygen atoms in total. The molecule has 166 valence electrons. The highest BCUT2D eigenvalue weighted by atomic mass is 16.5. The maximum Gasteiger partial charge on any atom is 0.408 e. The van der Waals surface area contributed by atoms with E-state index in [1.54, 1.807) is 6.92 Å². The van der Waals surface area contributed by atoms with Gasteiger partial charge in [-0.25, -0.2) is 4.79 Å². The number of hydrogen-bond donors (Lipinski definition) is 3. The Bertz CT molecular complexity index is 871. The molecule has 0 bridgehead atoms. The Morgan fingerprint density at radius 3 is 2.03 bits per heavy atom. The Morgan fingerprint density at radius 2 is 1.52 bits per heavy atom. The van der Waals surface area contributed by atoms with Crippen molar-refractivity contribution in [2.45, 2.75) is 51.8 Å². The van der Waals surface area contributed by atoms with Crippen LogP contribution in [0.2, 0.25) is 0 Å². The maximum atomic E-state index is 13.2. The van der Waals surface area contributed by atoms with Crippen LogP contribution in [0, 0.1) is 5.92 Å². The summed E-state index contributed by atoms with van der Waals surface area (Å²) < 4.78 is 5.31. The average molecular weight is 426 g/mol. The normalized spacial score (nSPS) is 13.7. The lowest BCUT2D eigenvalue weighted by Crippen LogP contribution is -2.61. The van der Waals surface area contributed by atoms with E-state index in [-0.39, 0.29) is 18.9 Å². The van der Waals surface area contributed by atoms with Gasteiger partial charge in [0.25, 0.3) is 0 Å². The highest BCUT2D eigenvalue weighted by Crippen LogP contribution is 2.16. The molecule has 0 aromatic heterocycles. The molecular weight excluding hydrogens is 394 g/mol. The number of hydrogen-bond acceptors (Lipinski definition) is 4. The van der Waals surface area contributed by atoms with Crippen molar-refractivity contribution in [2.75, 3.05) is 0 Å². The van der Waals surface area contributed by atoms with Crippen molar-refractivity contribution >= 4 is 17.9 Å². The lowest BCUT2D eigenvalue weighted by atomic mass is 9.91. The first-order valence-corrected chi connectivity index (χ1v) is 10.3. The average Bonchev–Trinajstić information content (AvgIpc) is 2.72. The molecule has 0 fully saturated rings. The molecule has 2 aromatic rings. The second-order valence-electron chi connectivity index (χ2n) is 8.24. The van der Waals surface area contributed by atoms with Crippen molar-refractivity contribution in [1.29, 1.82) is 0 Å². The summed E-state index contributed by atoms with van der Waals surface area (Å²) in [5, 5.41) is 5.39. The third-order valence-electron chi connectivity index (χ3n) is 4.85. The SMILES string of the molecule is CC(C)C[C@H](NC(=O)[C@@](C)(Cc1ccccc1)NC(=O)OCc1ccccc1)C(N)=O. The first kappa shape index (κ1) is 23.9. The van der Waals surface area contributed by atoms with Crippen LogP contribution in [-0.4, -0.2) is 29.5 Å². The standard InChI is InChI=1S/C24H31N3O4/c1-17(2)14-20(21(25)28)26-22(29)24(3,15-18-10-6-4-7-11-18)27-23(30)31-16-19-12-8-5-9-13-19/h4-13,17,20H,14-16H2,1-3H3,(H2,25,28)(H,26,29)(H,27,30)/t20-,24+/m0/s1. The lowest BCUT2D eigenvalue weighted by molar-refractivity contribution is -0.131. The first-order chi connectivity index (χ1) is 14.7. The van der Waals surface area contributed by atoms with Gasteiger partial charge in [0, 0.05) is 6.42 Å². The smallest absolute Gasteiger partial charge is 0.408 e.